The lowest BCUT2D eigenvalue weighted by atomic mass is 9.92. The van der Waals surface area contributed by atoms with Crippen molar-refractivity contribution in [3.05, 3.63) is 35.4 Å². The second-order valence-electron chi connectivity index (χ2n) is 4.89. The lowest BCUT2D eigenvalue weighted by molar-refractivity contribution is 0.436. The molecule has 1 fully saturated rings. The zero-order chi connectivity index (χ0) is 12.3. The molecule has 0 radical (unpaired) electrons. The van der Waals surface area contributed by atoms with Gasteiger partial charge in [-0.15, -0.1) is 11.6 Å². The van der Waals surface area contributed by atoms with Crippen molar-refractivity contribution < 1.29 is 8.78 Å². The first-order valence-electron chi connectivity index (χ1n) is 6.23. The molecule has 0 saturated heterocycles. The third-order valence-corrected chi connectivity index (χ3v) is 3.92. The zero-order valence-electron chi connectivity index (χ0n) is 9.76. The number of halogens is 3. The van der Waals surface area contributed by atoms with Gasteiger partial charge in [0, 0.05) is 10.9 Å². The van der Waals surface area contributed by atoms with Crippen LogP contribution in [0.2, 0.25) is 0 Å². The summed E-state index contributed by atoms with van der Waals surface area (Å²) in [6, 6.07) is 4.06. The largest absolute Gasteiger partial charge is 0.207 e. The van der Waals surface area contributed by atoms with Gasteiger partial charge in [0.05, 0.1) is 0 Å². The predicted octanol–water partition coefficient (Wildman–Crippen LogP) is 4.70. The first-order chi connectivity index (χ1) is 8.16. The molecule has 0 amide bonds. The molecule has 0 nitrogen and oxygen atoms in total. The van der Waals surface area contributed by atoms with Crippen molar-refractivity contribution >= 4 is 11.6 Å². The number of rotatable bonds is 2. The number of hydrogen-bond donors (Lipinski definition) is 0. The SMILES string of the molecule is Fc1cccc(F)c1CC1CCCCC(Cl)C1. The van der Waals surface area contributed by atoms with Crippen LogP contribution in [-0.2, 0) is 6.42 Å². The maximum absolute atomic E-state index is 13.5. The summed E-state index contributed by atoms with van der Waals surface area (Å²) >= 11 is 6.17. The fourth-order valence-corrected chi connectivity index (χ4v) is 3.00. The van der Waals surface area contributed by atoms with Crippen molar-refractivity contribution in [1.29, 1.82) is 0 Å². The van der Waals surface area contributed by atoms with Crippen molar-refractivity contribution in [2.75, 3.05) is 0 Å². The van der Waals surface area contributed by atoms with E-state index < -0.39 is 11.6 Å². The molecule has 0 heterocycles. The average Bonchev–Trinajstić information content (AvgIpc) is 2.48. The topological polar surface area (TPSA) is 0 Å². The van der Waals surface area contributed by atoms with Gasteiger partial charge in [-0.2, -0.15) is 0 Å². The maximum Gasteiger partial charge on any atom is 0.129 e. The van der Waals surface area contributed by atoms with Gasteiger partial charge in [0.15, 0.2) is 0 Å². The number of hydrogen-bond acceptors (Lipinski definition) is 0. The Morgan fingerprint density at radius 3 is 2.47 bits per heavy atom. The second kappa shape index (κ2) is 5.81. The summed E-state index contributed by atoms with van der Waals surface area (Å²) in [5.41, 5.74) is 0.225. The molecule has 0 aliphatic heterocycles. The fraction of sp³-hybridized carbons (Fsp3) is 0.571. The zero-order valence-corrected chi connectivity index (χ0v) is 10.5. The van der Waals surface area contributed by atoms with Gasteiger partial charge in [-0.1, -0.05) is 25.3 Å². The van der Waals surface area contributed by atoms with Gasteiger partial charge in [0.2, 0.25) is 0 Å². The number of benzene rings is 1. The predicted molar refractivity (Wildman–Crippen MR) is 66.3 cm³/mol. The quantitative estimate of drug-likeness (QED) is 0.533. The maximum atomic E-state index is 13.5. The second-order valence-corrected chi connectivity index (χ2v) is 5.51. The summed E-state index contributed by atoms with van der Waals surface area (Å²) in [4.78, 5) is 0. The smallest absolute Gasteiger partial charge is 0.129 e. The molecule has 0 spiro atoms. The normalized spacial score (nSPS) is 25.6. The molecule has 94 valence electrons. The van der Waals surface area contributed by atoms with Crippen molar-refractivity contribution in [3.8, 4) is 0 Å². The van der Waals surface area contributed by atoms with Gasteiger partial charge in [0.1, 0.15) is 11.6 Å². The third kappa shape index (κ3) is 3.41. The molecule has 0 N–H and O–H groups in total. The van der Waals surface area contributed by atoms with Gasteiger partial charge in [-0.3, -0.25) is 0 Å². The standard InChI is InChI=1S/C14H17ClF2/c15-11-5-2-1-4-10(8-11)9-12-13(16)6-3-7-14(12)17/h3,6-7,10-11H,1-2,4-5,8-9H2. The van der Waals surface area contributed by atoms with Crippen LogP contribution in [0, 0.1) is 17.6 Å². The Morgan fingerprint density at radius 1 is 1.12 bits per heavy atom. The minimum atomic E-state index is -0.430. The highest BCUT2D eigenvalue weighted by Crippen LogP contribution is 2.30. The van der Waals surface area contributed by atoms with Crippen LogP contribution < -0.4 is 0 Å². The van der Waals surface area contributed by atoms with E-state index in [9.17, 15) is 8.78 Å². The van der Waals surface area contributed by atoms with E-state index in [1.54, 1.807) is 0 Å². The molecule has 1 aromatic rings. The van der Waals surface area contributed by atoms with Crippen LogP contribution in [0.15, 0.2) is 18.2 Å². The van der Waals surface area contributed by atoms with Gasteiger partial charge < -0.3 is 0 Å². The molecule has 1 aliphatic carbocycles. The summed E-state index contributed by atoms with van der Waals surface area (Å²) in [5.74, 6) is -0.549. The Morgan fingerprint density at radius 2 is 1.76 bits per heavy atom. The van der Waals surface area contributed by atoms with Crippen LogP contribution in [0.25, 0.3) is 0 Å². The van der Waals surface area contributed by atoms with Crippen molar-refractivity contribution in [2.24, 2.45) is 5.92 Å². The van der Waals surface area contributed by atoms with E-state index in [1.807, 2.05) is 0 Å². The van der Waals surface area contributed by atoms with Gasteiger partial charge in [0.25, 0.3) is 0 Å². The van der Waals surface area contributed by atoms with E-state index in [4.69, 9.17) is 11.6 Å². The molecular formula is C14H17ClF2. The highest BCUT2D eigenvalue weighted by Gasteiger charge is 2.21. The van der Waals surface area contributed by atoms with Crippen LogP contribution in [0.5, 0.6) is 0 Å². The van der Waals surface area contributed by atoms with Gasteiger partial charge >= 0.3 is 0 Å². The average molecular weight is 259 g/mol. The molecule has 17 heavy (non-hydrogen) atoms. The minimum Gasteiger partial charge on any atom is -0.207 e. The molecule has 2 unspecified atom stereocenters. The summed E-state index contributed by atoms with van der Waals surface area (Å²) in [6.45, 7) is 0. The first-order valence-corrected chi connectivity index (χ1v) is 6.67. The monoisotopic (exact) mass is 258 g/mol. The summed E-state index contributed by atoms with van der Waals surface area (Å²) in [6.07, 6.45) is 5.64. The van der Waals surface area contributed by atoms with Crippen LogP contribution in [0.4, 0.5) is 8.78 Å². The van der Waals surface area contributed by atoms with Crippen molar-refractivity contribution in [1.82, 2.24) is 0 Å². The summed E-state index contributed by atoms with van der Waals surface area (Å²) < 4.78 is 27.1. The van der Waals surface area contributed by atoms with Crippen LogP contribution in [0.1, 0.15) is 37.7 Å². The van der Waals surface area contributed by atoms with E-state index in [0.29, 0.717) is 12.3 Å². The Kier molecular flexibility index (Phi) is 4.38. The van der Waals surface area contributed by atoms with Crippen molar-refractivity contribution in [3.63, 3.8) is 0 Å². The third-order valence-electron chi connectivity index (χ3n) is 3.52. The van der Waals surface area contributed by atoms with E-state index in [1.165, 1.54) is 18.2 Å². The molecular weight excluding hydrogens is 242 g/mol. The molecule has 0 bridgehead atoms. The van der Waals surface area contributed by atoms with Gasteiger partial charge in [-0.25, -0.2) is 8.78 Å². The molecule has 1 aromatic carbocycles. The van der Waals surface area contributed by atoms with E-state index >= 15 is 0 Å². The van der Waals surface area contributed by atoms with Gasteiger partial charge in [-0.05, 0) is 37.3 Å². The lowest BCUT2D eigenvalue weighted by Gasteiger charge is -2.16. The highest BCUT2D eigenvalue weighted by atomic mass is 35.5. The lowest BCUT2D eigenvalue weighted by Crippen LogP contribution is -2.11. The van der Waals surface area contributed by atoms with E-state index in [2.05, 4.69) is 0 Å². The molecule has 0 aromatic heterocycles. The molecule has 2 atom stereocenters. The Bertz CT molecular complexity index is 358. The molecule has 1 aliphatic rings. The summed E-state index contributed by atoms with van der Waals surface area (Å²) in [5, 5.41) is 0.164. The fourth-order valence-electron chi connectivity index (χ4n) is 2.60. The van der Waals surface area contributed by atoms with Crippen LogP contribution in [-0.4, -0.2) is 5.38 Å². The number of alkyl halides is 1. The Balaban J connectivity index is 2.09. The van der Waals surface area contributed by atoms with Crippen LogP contribution in [0.3, 0.4) is 0 Å². The summed E-state index contributed by atoms with van der Waals surface area (Å²) in [7, 11) is 0. The minimum absolute atomic E-state index is 0.164. The van der Waals surface area contributed by atoms with E-state index in [-0.39, 0.29) is 10.9 Å². The Labute approximate surface area is 106 Å². The van der Waals surface area contributed by atoms with Crippen molar-refractivity contribution in [2.45, 2.75) is 43.9 Å². The van der Waals surface area contributed by atoms with E-state index in [0.717, 1.165) is 32.1 Å². The highest BCUT2D eigenvalue weighted by molar-refractivity contribution is 6.20. The molecule has 2 rings (SSSR count). The first kappa shape index (κ1) is 12.8. The van der Waals surface area contributed by atoms with Crippen LogP contribution >= 0.6 is 11.6 Å². The molecule has 3 heteroatoms. The Hall–Kier alpha value is -0.630. The molecule has 1 saturated carbocycles.